The Balaban J connectivity index is 1.56. The van der Waals surface area contributed by atoms with Crippen LogP contribution in [0.15, 0.2) is 24.3 Å². The van der Waals surface area contributed by atoms with Crippen molar-refractivity contribution >= 4 is 0 Å². The molecular formula is C17H26N2O. The zero-order chi connectivity index (χ0) is 13.8. The SMILES string of the molecule is OCc1ccc(CN2CCCCC2CNC2CC2)cc1. The summed E-state index contributed by atoms with van der Waals surface area (Å²) >= 11 is 0. The number of nitrogens with one attached hydrogen (secondary N) is 1. The van der Waals surface area contributed by atoms with E-state index in [0.29, 0.717) is 6.04 Å². The standard InChI is InChI=1S/C17H26N2O/c20-13-15-6-4-14(5-7-15)12-19-10-2-1-3-17(19)11-18-16-8-9-16/h4-7,16-18,20H,1-3,8-13H2. The summed E-state index contributed by atoms with van der Waals surface area (Å²) in [5.74, 6) is 0. The van der Waals surface area contributed by atoms with Crippen LogP contribution < -0.4 is 5.32 Å². The van der Waals surface area contributed by atoms with E-state index in [4.69, 9.17) is 5.11 Å². The summed E-state index contributed by atoms with van der Waals surface area (Å²) in [6.45, 7) is 3.55. The maximum Gasteiger partial charge on any atom is 0.0681 e. The van der Waals surface area contributed by atoms with Gasteiger partial charge in [0.05, 0.1) is 6.61 Å². The predicted octanol–water partition coefficient (Wildman–Crippen LogP) is 2.29. The van der Waals surface area contributed by atoms with Gasteiger partial charge in [-0.2, -0.15) is 0 Å². The van der Waals surface area contributed by atoms with Gasteiger partial charge in [0.1, 0.15) is 0 Å². The van der Waals surface area contributed by atoms with Gasteiger partial charge in [0.25, 0.3) is 0 Å². The Kier molecular flexibility index (Phi) is 4.71. The van der Waals surface area contributed by atoms with E-state index in [1.54, 1.807) is 0 Å². The molecule has 1 aromatic carbocycles. The van der Waals surface area contributed by atoms with Gasteiger partial charge in [-0.25, -0.2) is 0 Å². The van der Waals surface area contributed by atoms with Crippen LogP contribution >= 0.6 is 0 Å². The summed E-state index contributed by atoms with van der Waals surface area (Å²) < 4.78 is 0. The van der Waals surface area contributed by atoms with Crippen LogP contribution in [0.2, 0.25) is 0 Å². The molecule has 1 unspecified atom stereocenters. The van der Waals surface area contributed by atoms with Gasteiger partial charge in [0, 0.05) is 25.2 Å². The molecule has 3 heteroatoms. The number of aliphatic hydroxyl groups excluding tert-OH is 1. The molecule has 1 aliphatic carbocycles. The minimum absolute atomic E-state index is 0.137. The first-order valence-corrected chi connectivity index (χ1v) is 8.01. The van der Waals surface area contributed by atoms with Gasteiger partial charge in [-0.15, -0.1) is 0 Å². The highest BCUT2D eigenvalue weighted by atomic mass is 16.3. The first-order valence-electron chi connectivity index (χ1n) is 8.01. The number of hydrogen-bond donors (Lipinski definition) is 2. The fourth-order valence-electron chi connectivity index (χ4n) is 3.07. The van der Waals surface area contributed by atoms with Crippen molar-refractivity contribution in [1.82, 2.24) is 10.2 Å². The molecule has 1 saturated carbocycles. The van der Waals surface area contributed by atoms with Crippen molar-refractivity contribution in [3.8, 4) is 0 Å². The second kappa shape index (κ2) is 6.70. The minimum Gasteiger partial charge on any atom is -0.392 e. The van der Waals surface area contributed by atoms with Crippen molar-refractivity contribution in [3.63, 3.8) is 0 Å². The smallest absolute Gasteiger partial charge is 0.0681 e. The van der Waals surface area contributed by atoms with Crippen LogP contribution in [-0.4, -0.2) is 35.2 Å². The molecule has 0 aromatic heterocycles. The highest BCUT2D eigenvalue weighted by molar-refractivity contribution is 5.22. The fraction of sp³-hybridized carbons (Fsp3) is 0.647. The van der Waals surface area contributed by atoms with Crippen LogP contribution in [0.5, 0.6) is 0 Å². The van der Waals surface area contributed by atoms with Gasteiger partial charge in [0.15, 0.2) is 0 Å². The monoisotopic (exact) mass is 274 g/mol. The lowest BCUT2D eigenvalue weighted by Gasteiger charge is -2.36. The van der Waals surface area contributed by atoms with Gasteiger partial charge >= 0.3 is 0 Å². The van der Waals surface area contributed by atoms with Crippen LogP contribution in [0.3, 0.4) is 0 Å². The third-order valence-corrected chi connectivity index (χ3v) is 4.56. The second-order valence-electron chi connectivity index (χ2n) is 6.28. The highest BCUT2D eigenvalue weighted by Crippen LogP contribution is 2.22. The van der Waals surface area contributed by atoms with E-state index in [0.717, 1.165) is 24.7 Å². The van der Waals surface area contributed by atoms with E-state index in [2.05, 4.69) is 22.3 Å². The van der Waals surface area contributed by atoms with Crippen molar-refractivity contribution < 1.29 is 5.11 Å². The van der Waals surface area contributed by atoms with Gasteiger partial charge in [-0.05, 0) is 43.4 Å². The molecule has 110 valence electrons. The van der Waals surface area contributed by atoms with Crippen LogP contribution in [0, 0.1) is 0 Å². The molecule has 2 fully saturated rings. The number of benzene rings is 1. The number of rotatable bonds is 6. The van der Waals surface area contributed by atoms with E-state index in [1.807, 2.05) is 12.1 Å². The number of likely N-dealkylation sites (tertiary alicyclic amines) is 1. The summed E-state index contributed by atoms with van der Waals surface area (Å²) in [4.78, 5) is 2.63. The summed E-state index contributed by atoms with van der Waals surface area (Å²) in [7, 11) is 0. The van der Waals surface area contributed by atoms with E-state index in [-0.39, 0.29) is 6.61 Å². The summed E-state index contributed by atoms with van der Waals surface area (Å²) in [6, 6.07) is 9.90. The molecule has 1 saturated heterocycles. The molecule has 0 bridgehead atoms. The minimum atomic E-state index is 0.137. The third kappa shape index (κ3) is 3.81. The molecule has 2 N–H and O–H groups in total. The topological polar surface area (TPSA) is 35.5 Å². The summed E-state index contributed by atoms with van der Waals surface area (Å²) in [5.41, 5.74) is 2.36. The Labute approximate surface area is 122 Å². The number of aliphatic hydroxyl groups is 1. The van der Waals surface area contributed by atoms with Crippen molar-refractivity contribution in [2.24, 2.45) is 0 Å². The average molecular weight is 274 g/mol. The molecule has 20 heavy (non-hydrogen) atoms. The first-order chi connectivity index (χ1) is 9.85. The first kappa shape index (κ1) is 14.1. The lowest BCUT2D eigenvalue weighted by molar-refractivity contribution is 0.137. The van der Waals surface area contributed by atoms with E-state index in [9.17, 15) is 0 Å². The second-order valence-corrected chi connectivity index (χ2v) is 6.28. The lowest BCUT2D eigenvalue weighted by Crippen LogP contribution is -2.45. The molecule has 1 heterocycles. The molecule has 2 aliphatic rings. The van der Waals surface area contributed by atoms with Gasteiger partial charge in [-0.3, -0.25) is 4.90 Å². The molecule has 3 nitrogen and oxygen atoms in total. The molecule has 1 aromatic rings. The molecule has 0 spiro atoms. The highest BCUT2D eigenvalue weighted by Gasteiger charge is 2.26. The Morgan fingerprint density at radius 1 is 1.05 bits per heavy atom. The molecule has 1 aliphatic heterocycles. The number of nitrogens with zero attached hydrogens (tertiary/aromatic N) is 1. The van der Waals surface area contributed by atoms with Crippen LogP contribution in [0.1, 0.15) is 43.2 Å². The Morgan fingerprint density at radius 3 is 2.50 bits per heavy atom. The molecule has 0 radical (unpaired) electrons. The summed E-state index contributed by atoms with van der Waals surface area (Å²) in [5, 5.41) is 12.8. The number of piperidine rings is 1. The maximum atomic E-state index is 9.10. The maximum absolute atomic E-state index is 9.10. The zero-order valence-corrected chi connectivity index (χ0v) is 12.2. The molecular weight excluding hydrogens is 248 g/mol. The average Bonchev–Trinajstić information content (AvgIpc) is 3.31. The fourth-order valence-corrected chi connectivity index (χ4v) is 3.07. The van der Waals surface area contributed by atoms with Crippen LogP contribution in [-0.2, 0) is 13.2 Å². The van der Waals surface area contributed by atoms with Crippen LogP contribution in [0.25, 0.3) is 0 Å². The molecule has 0 amide bonds. The zero-order valence-electron chi connectivity index (χ0n) is 12.2. The normalized spacial score (nSPS) is 23.9. The van der Waals surface area contributed by atoms with Crippen molar-refractivity contribution in [1.29, 1.82) is 0 Å². The third-order valence-electron chi connectivity index (χ3n) is 4.56. The summed E-state index contributed by atoms with van der Waals surface area (Å²) in [6.07, 6.45) is 6.77. The molecule has 3 rings (SSSR count). The quantitative estimate of drug-likeness (QED) is 0.835. The van der Waals surface area contributed by atoms with Gasteiger partial charge < -0.3 is 10.4 Å². The molecule has 1 atom stereocenters. The van der Waals surface area contributed by atoms with Gasteiger partial charge in [0.2, 0.25) is 0 Å². The van der Waals surface area contributed by atoms with Crippen molar-refractivity contribution in [2.75, 3.05) is 13.1 Å². The largest absolute Gasteiger partial charge is 0.392 e. The Morgan fingerprint density at radius 2 is 1.80 bits per heavy atom. The van der Waals surface area contributed by atoms with E-state index >= 15 is 0 Å². The predicted molar refractivity (Wildman–Crippen MR) is 81.4 cm³/mol. The van der Waals surface area contributed by atoms with E-state index in [1.165, 1.54) is 44.2 Å². The van der Waals surface area contributed by atoms with E-state index < -0.39 is 0 Å². The van der Waals surface area contributed by atoms with Crippen LogP contribution in [0.4, 0.5) is 0 Å². The van der Waals surface area contributed by atoms with Crippen molar-refractivity contribution in [2.45, 2.75) is 57.3 Å². The van der Waals surface area contributed by atoms with Gasteiger partial charge in [-0.1, -0.05) is 30.7 Å². The Bertz CT molecular complexity index is 414. The number of hydrogen-bond acceptors (Lipinski definition) is 3. The Hall–Kier alpha value is -0.900. The van der Waals surface area contributed by atoms with Crippen molar-refractivity contribution in [3.05, 3.63) is 35.4 Å². The lowest BCUT2D eigenvalue weighted by atomic mass is 10.0.